The van der Waals surface area contributed by atoms with E-state index in [1.165, 1.54) is 32.1 Å². The van der Waals surface area contributed by atoms with Crippen molar-refractivity contribution in [3.05, 3.63) is 24.3 Å². The van der Waals surface area contributed by atoms with Gasteiger partial charge in [-0.1, -0.05) is 25.3 Å². The molecule has 0 radical (unpaired) electrons. The highest BCUT2D eigenvalue weighted by Crippen LogP contribution is 2.30. The van der Waals surface area contributed by atoms with Crippen LogP contribution < -0.4 is 10.1 Å². The maximum atomic E-state index is 11.5. The number of ketones is 1. The smallest absolute Gasteiger partial charge is 0.131 e. The number of methoxy groups -OCH3 is 1. The molecule has 1 aliphatic rings. The van der Waals surface area contributed by atoms with Crippen molar-refractivity contribution in [2.45, 2.75) is 51.5 Å². The van der Waals surface area contributed by atoms with Gasteiger partial charge in [0.25, 0.3) is 0 Å². The molecular weight excluding hydrogens is 250 g/mol. The zero-order valence-corrected chi connectivity index (χ0v) is 12.5. The van der Waals surface area contributed by atoms with Crippen LogP contribution in [0.25, 0.3) is 0 Å². The largest absolute Gasteiger partial charge is 0.497 e. The first-order chi connectivity index (χ1) is 9.69. The summed E-state index contributed by atoms with van der Waals surface area (Å²) in [5, 5.41) is 3.55. The molecule has 20 heavy (non-hydrogen) atoms. The van der Waals surface area contributed by atoms with Gasteiger partial charge in [0.15, 0.2) is 0 Å². The summed E-state index contributed by atoms with van der Waals surface area (Å²) < 4.78 is 5.26. The van der Waals surface area contributed by atoms with Gasteiger partial charge in [0.2, 0.25) is 0 Å². The summed E-state index contributed by atoms with van der Waals surface area (Å²) in [6.07, 6.45) is 6.99. The monoisotopic (exact) mass is 275 g/mol. The van der Waals surface area contributed by atoms with E-state index in [1.807, 2.05) is 24.3 Å². The van der Waals surface area contributed by atoms with Gasteiger partial charge in [-0.05, 0) is 37.8 Å². The van der Waals surface area contributed by atoms with Crippen molar-refractivity contribution in [2.24, 2.45) is 5.92 Å². The lowest BCUT2D eigenvalue weighted by atomic mass is 9.82. The van der Waals surface area contributed by atoms with Crippen molar-refractivity contribution in [1.29, 1.82) is 0 Å². The quantitative estimate of drug-likeness (QED) is 0.851. The highest BCUT2D eigenvalue weighted by atomic mass is 16.5. The van der Waals surface area contributed by atoms with E-state index in [2.05, 4.69) is 5.32 Å². The number of rotatable bonds is 6. The fraction of sp³-hybridized carbons (Fsp3) is 0.588. The second kappa shape index (κ2) is 7.32. The molecule has 0 aromatic heterocycles. The van der Waals surface area contributed by atoms with Crippen molar-refractivity contribution >= 4 is 11.5 Å². The number of Topliss-reactive ketones (excluding diaryl/α,β-unsaturated/α-hetero) is 1. The lowest BCUT2D eigenvalue weighted by Gasteiger charge is -2.31. The number of hydrogen-bond acceptors (Lipinski definition) is 3. The van der Waals surface area contributed by atoms with Gasteiger partial charge >= 0.3 is 0 Å². The second-order valence-electron chi connectivity index (χ2n) is 5.79. The van der Waals surface area contributed by atoms with E-state index in [1.54, 1.807) is 14.0 Å². The summed E-state index contributed by atoms with van der Waals surface area (Å²) in [6.45, 7) is 1.68. The molecule has 2 rings (SSSR count). The van der Waals surface area contributed by atoms with Crippen molar-refractivity contribution in [3.63, 3.8) is 0 Å². The van der Waals surface area contributed by atoms with Gasteiger partial charge in [0, 0.05) is 24.2 Å². The molecule has 0 bridgehead atoms. The van der Waals surface area contributed by atoms with Gasteiger partial charge < -0.3 is 10.1 Å². The molecule has 1 aliphatic carbocycles. The predicted octanol–water partition coefficient (Wildman–Crippen LogP) is 4.04. The van der Waals surface area contributed by atoms with E-state index in [0.717, 1.165) is 11.4 Å². The molecule has 3 heteroatoms. The molecule has 0 amide bonds. The average molecular weight is 275 g/mol. The molecule has 0 unspecified atom stereocenters. The minimum absolute atomic E-state index is 0.250. The number of carbonyl (C=O) groups excluding carboxylic acids is 1. The third kappa shape index (κ3) is 4.26. The summed E-state index contributed by atoms with van der Waals surface area (Å²) in [7, 11) is 1.67. The third-order valence-corrected chi connectivity index (χ3v) is 4.15. The Morgan fingerprint density at radius 3 is 2.75 bits per heavy atom. The second-order valence-corrected chi connectivity index (χ2v) is 5.79. The maximum absolute atomic E-state index is 11.5. The Balaban J connectivity index is 2.07. The Hall–Kier alpha value is -1.51. The number of anilines is 1. The van der Waals surface area contributed by atoms with E-state index < -0.39 is 0 Å². The van der Waals surface area contributed by atoms with Crippen LogP contribution in [0.15, 0.2) is 24.3 Å². The van der Waals surface area contributed by atoms with Crippen molar-refractivity contribution in [2.75, 3.05) is 12.4 Å². The number of hydrogen-bond donors (Lipinski definition) is 1. The van der Waals surface area contributed by atoms with Gasteiger partial charge in [0.05, 0.1) is 7.11 Å². The molecule has 0 saturated heterocycles. The number of ether oxygens (including phenoxy) is 1. The SMILES string of the molecule is COc1cccc(N[C@@H](CC(C)=O)C2CCCCC2)c1. The Kier molecular flexibility index (Phi) is 5.45. The van der Waals surface area contributed by atoms with Crippen LogP contribution in [-0.2, 0) is 4.79 Å². The highest BCUT2D eigenvalue weighted by molar-refractivity contribution is 5.76. The minimum atomic E-state index is 0.250. The number of carbonyl (C=O) groups is 1. The summed E-state index contributed by atoms with van der Waals surface area (Å²) in [4.78, 5) is 11.5. The van der Waals surface area contributed by atoms with Crippen LogP contribution in [0.5, 0.6) is 5.75 Å². The predicted molar refractivity (Wildman–Crippen MR) is 82.3 cm³/mol. The fourth-order valence-corrected chi connectivity index (χ4v) is 3.11. The van der Waals surface area contributed by atoms with Crippen molar-refractivity contribution in [1.82, 2.24) is 0 Å². The topological polar surface area (TPSA) is 38.3 Å². The molecule has 110 valence electrons. The van der Waals surface area contributed by atoms with Crippen molar-refractivity contribution in [3.8, 4) is 5.75 Å². The fourth-order valence-electron chi connectivity index (χ4n) is 3.11. The van der Waals surface area contributed by atoms with Gasteiger partial charge in [-0.3, -0.25) is 4.79 Å². The molecule has 0 aliphatic heterocycles. The first-order valence-electron chi connectivity index (χ1n) is 7.59. The molecule has 1 aromatic carbocycles. The van der Waals surface area contributed by atoms with Gasteiger partial charge in [-0.15, -0.1) is 0 Å². The van der Waals surface area contributed by atoms with Crippen LogP contribution in [0.2, 0.25) is 0 Å². The van der Waals surface area contributed by atoms with Crippen molar-refractivity contribution < 1.29 is 9.53 Å². The van der Waals surface area contributed by atoms with Crippen LogP contribution in [0.1, 0.15) is 45.4 Å². The molecular formula is C17H25NO2. The van der Waals surface area contributed by atoms with Crippen LogP contribution in [0.4, 0.5) is 5.69 Å². The maximum Gasteiger partial charge on any atom is 0.131 e. The summed E-state index contributed by atoms with van der Waals surface area (Å²) in [6, 6.07) is 8.20. The molecule has 3 nitrogen and oxygen atoms in total. The third-order valence-electron chi connectivity index (χ3n) is 4.15. The standard InChI is InChI=1S/C17H25NO2/c1-13(19)11-17(14-7-4-3-5-8-14)18-15-9-6-10-16(12-15)20-2/h6,9-10,12,14,17-18H,3-5,7-8,11H2,1-2H3/t17-/m0/s1. The first-order valence-corrected chi connectivity index (χ1v) is 7.59. The zero-order valence-electron chi connectivity index (χ0n) is 12.5. The molecule has 1 atom stereocenters. The molecule has 1 N–H and O–H groups in total. The van der Waals surface area contributed by atoms with Crippen LogP contribution >= 0.6 is 0 Å². The molecule has 1 fully saturated rings. The Morgan fingerprint density at radius 1 is 1.35 bits per heavy atom. The van der Waals surface area contributed by atoms with Gasteiger partial charge in [-0.2, -0.15) is 0 Å². The van der Waals surface area contributed by atoms with Gasteiger partial charge in [0.1, 0.15) is 11.5 Å². The summed E-state index contributed by atoms with van der Waals surface area (Å²) >= 11 is 0. The Morgan fingerprint density at radius 2 is 2.10 bits per heavy atom. The van der Waals surface area contributed by atoms with E-state index in [-0.39, 0.29) is 11.8 Å². The Bertz CT molecular complexity index is 438. The number of benzene rings is 1. The lowest BCUT2D eigenvalue weighted by molar-refractivity contribution is -0.117. The van der Waals surface area contributed by atoms with Gasteiger partial charge in [-0.25, -0.2) is 0 Å². The van der Waals surface area contributed by atoms with E-state index in [0.29, 0.717) is 12.3 Å². The minimum Gasteiger partial charge on any atom is -0.497 e. The van der Waals surface area contributed by atoms with Crippen LogP contribution in [0, 0.1) is 5.92 Å². The van der Waals surface area contributed by atoms with E-state index in [4.69, 9.17) is 4.74 Å². The molecule has 1 aromatic rings. The molecule has 0 spiro atoms. The summed E-state index contributed by atoms with van der Waals surface area (Å²) in [5.41, 5.74) is 1.04. The number of nitrogens with one attached hydrogen (secondary N) is 1. The summed E-state index contributed by atoms with van der Waals surface area (Å²) in [5.74, 6) is 1.72. The highest BCUT2D eigenvalue weighted by Gasteiger charge is 2.24. The molecule has 1 saturated carbocycles. The first kappa shape index (κ1) is 14.9. The zero-order chi connectivity index (χ0) is 14.4. The lowest BCUT2D eigenvalue weighted by Crippen LogP contribution is -2.32. The van der Waals surface area contributed by atoms with E-state index >= 15 is 0 Å². The molecule has 0 heterocycles. The average Bonchev–Trinajstić information content (AvgIpc) is 2.47. The normalized spacial score (nSPS) is 17.5. The van der Waals surface area contributed by atoms with Crippen LogP contribution in [0.3, 0.4) is 0 Å². The Labute approximate surface area is 121 Å². The van der Waals surface area contributed by atoms with E-state index in [9.17, 15) is 4.79 Å². The van der Waals surface area contributed by atoms with Crippen LogP contribution in [-0.4, -0.2) is 18.9 Å².